The number of benzene rings is 3. The maximum atomic E-state index is 14.0. The Kier molecular flexibility index (Phi) is 20.5. The SMILES string of the molecule is CF.CN.CNC1CC(F)(F)CCN1c1c(F)ccc(F)c1OC.CN[C@@H]1CC(F)(F)CCN1c1cc(F)cc(F)c1OC.COc1cc(F)cc(F)c1N1CCC(F)(F)CC1. The molecule has 9 nitrogen and oxygen atoms in total. The molecule has 352 valence electrons. The minimum Gasteiger partial charge on any atom is -0.494 e. The van der Waals surface area contributed by atoms with E-state index in [4.69, 9.17) is 14.2 Å². The highest BCUT2D eigenvalue weighted by Gasteiger charge is 2.43. The number of hydrogen-bond donors (Lipinski definition) is 3. The van der Waals surface area contributed by atoms with Gasteiger partial charge in [0.25, 0.3) is 17.8 Å². The highest BCUT2D eigenvalue weighted by atomic mass is 19.3. The van der Waals surface area contributed by atoms with Crippen LogP contribution in [0.3, 0.4) is 0 Å². The predicted molar refractivity (Wildman–Crippen MR) is 211 cm³/mol. The number of methoxy groups -OCH3 is 3. The fourth-order valence-electron chi connectivity index (χ4n) is 6.95. The van der Waals surface area contributed by atoms with Gasteiger partial charge in [-0.25, -0.2) is 52.7 Å². The number of rotatable bonds is 8. The summed E-state index contributed by atoms with van der Waals surface area (Å²) in [4.78, 5) is 4.35. The Hall–Kier alpha value is -4.57. The average Bonchev–Trinajstić information content (AvgIpc) is 3.22. The lowest BCUT2D eigenvalue weighted by Crippen LogP contribution is -2.53. The number of piperidine rings is 3. The smallest absolute Gasteiger partial charge is 0.253 e. The topological polar surface area (TPSA) is 87.5 Å². The van der Waals surface area contributed by atoms with Gasteiger partial charge in [0.1, 0.15) is 28.8 Å². The van der Waals surface area contributed by atoms with Gasteiger partial charge in [0.15, 0.2) is 34.8 Å². The number of anilines is 3. The van der Waals surface area contributed by atoms with Gasteiger partial charge in [-0.3, -0.25) is 4.39 Å². The second kappa shape index (κ2) is 23.8. The van der Waals surface area contributed by atoms with Gasteiger partial charge in [-0.2, -0.15) is 0 Å². The van der Waals surface area contributed by atoms with E-state index in [0.29, 0.717) is 13.2 Å². The zero-order valence-corrected chi connectivity index (χ0v) is 35.2. The summed E-state index contributed by atoms with van der Waals surface area (Å²) in [5.74, 6) is -13.3. The van der Waals surface area contributed by atoms with E-state index < -0.39 is 84.3 Å². The third kappa shape index (κ3) is 14.0. The zero-order valence-electron chi connectivity index (χ0n) is 35.2. The van der Waals surface area contributed by atoms with E-state index in [9.17, 15) is 57.1 Å². The van der Waals surface area contributed by atoms with Crippen molar-refractivity contribution in [1.82, 2.24) is 10.6 Å². The first kappa shape index (κ1) is 53.6. The zero-order chi connectivity index (χ0) is 47.2. The van der Waals surface area contributed by atoms with Crippen LogP contribution in [-0.4, -0.2) is 106 Å². The summed E-state index contributed by atoms with van der Waals surface area (Å²) in [6.45, 7) is -0.0647. The molecule has 3 saturated heterocycles. The number of nitrogens with one attached hydrogen (secondary N) is 2. The van der Waals surface area contributed by atoms with Crippen LogP contribution in [0.5, 0.6) is 17.2 Å². The molecule has 0 amide bonds. The lowest BCUT2D eigenvalue weighted by molar-refractivity contribution is -0.0373. The molecule has 3 heterocycles. The second-order valence-corrected chi connectivity index (χ2v) is 13.7. The summed E-state index contributed by atoms with van der Waals surface area (Å²) in [6.07, 6.45) is -3.86. The van der Waals surface area contributed by atoms with Crippen molar-refractivity contribution in [2.24, 2.45) is 5.73 Å². The molecule has 3 aliphatic heterocycles. The predicted octanol–water partition coefficient (Wildman–Crippen LogP) is 8.88. The Labute approximate surface area is 352 Å². The van der Waals surface area contributed by atoms with Gasteiger partial charge in [0, 0.05) is 89.0 Å². The third-order valence-electron chi connectivity index (χ3n) is 9.89. The quantitative estimate of drug-likeness (QED) is 0.192. The molecule has 3 aliphatic rings. The number of alkyl halides is 7. The highest BCUT2D eigenvalue weighted by molar-refractivity contribution is 5.62. The molecule has 0 spiro atoms. The van der Waals surface area contributed by atoms with Crippen molar-refractivity contribution in [2.75, 3.05) is 90.5 Å². The standard InChI is InChI=1S/2C13H16F4N2O.C12H13F4NO.CH3F.CH5N/c1-18-11-7-13(16,17)3-4-19(11)10-6-8(14)5-9(15)12(10)20-2;1-18-10-7-13(16,17)5-6-19(10)11-8(14)3-4-9(15)12(11)20-2;1-18-10-7-8(13)6-9(14)11(10)17-4-2-12(15,16)3-5-17;2*1-2/h5-6,11,18H,3-4,7H2,1-2H3;3-4,10,18H,5-7H2,1-2H3;6-7H,2-5H2,1H3;1H3;2H2,1H3/t11-;;;;/m0..../s1. The fraction of sp³-hybridized carbons (Fsp3) is 0.550. The Morgan fingerprint density at radius 3 is 1.50 bits per heavy atom. The minimum absolute atomic E-state index is 0.0161. The van der Waals surface area contributed by atoms with Crippen molar-refractivity contribution in [3.05, 3.63) is 71.3 Å². The van der Waals surface area contributed by atoms with Crippen LogP contribution < -0.4 is 45.3 Å². The molecule has 22 heteroatoms. The van der Waals surface area contributed by atoms with Gasteiger partial charge in [-0.15, -0.1) is 0 Å². The molecule has 2 atom stereocenters. The number of nitrogens with zero attached hydrogens (tertiary/aromatic N) is 3. The monoisotopic (exact) mass is 912 g/mol. The molecular weight excluding hydrogens is 859 g/mol. The van der Waals surface area contributed by atoms with E-state index in [0.717, 1.165) is 30.3 Å². The van der Waals surface area contributed by atoms with Crippen LogP contribution in [0.15, 0.2) is 36.4 Å². The van der Waals surface area contributed by atoms with Crippen LogP contribution in [0.2, 0.25) is 0 Å². The lowest BCUT2D eigenvalue weighted by Gasteiger charge is -2.41. The summed E-state index contributed by atoms with van der Waals surface area (Å²) >= 11 is 0. The Morgan fingerprint density at radius 1 is 0.548 bits per heavy atom. The van der Waals surface area contributed by atoms with Crippen molar-refractivity contribution in [2.45, 2.75) is 68.6 Å². The Balaban J connectivity index is 0.000000308. The molecule has 0 radical (unpaired) electrons. The highest BCUT2D eigenvalue weighted by Crippen LogP contribution is 2.42. The van der Waals surface area contributed by atoms with E-state index >= 15 is 0 Å². The van der Waals surface area contributed by atoms with Gasteiger partial charge in [-0.05, 0) is 33.3 Å². The van der Waals surface area contributed by atoms with Crippen LogP contribution in [0.1, 0.15) is 38.5 Å². The molecule has 0 saturated carbocycles. The maximum absolute atomic E-state index is 14.0. The van der Waals surface area contributed by atoms with Gasteiger partial charge in [0.05, 0.1) is 46.5 Å². The molecule has 4 N–H and O–H groups in total. The largest absolute Gasteiger partial charge is 0.494 e. The normalized spacial score (nSPS) is 19.8. The summed E-state index contributed by atoms with van der Waals surface area (Å²) < 4.78 is 185. The van der Waals surface area contributed by atoms with Gasteiger partial charge in [0.2, 0.25) is 0 Å². The molecule has 3 aromatic rings. The molecule has 62 heavy (non-hydrogen) atoms. The van der Waals surface area contributed by atoms with E-state index in [1.165, 1.54) is 57.2 Å². The van der Waals surface area contributed by atoms with Crippen LogP contribution in [0.25, 0.3) is 0 Å². The molecule has 1 unspecified atom stereocenters. The molecule has 0 bridgehead atoms. The van der Waals surface area contributed by atoms with Crippen molar-refractivity contribution >= 4 is 17.1 Å². The Bertz CT molecular complexity index is 1850. The number of hydrogen-bond acceptors (Lipinski definition) is 9. The third-order valence-corrected chi connectivity index (χ3v) is 9.89. The second-order valence-electron chi connectivity index (χ2n) is 13.7. The van der Waals surface area contributed by atoms with Gasteiger partial charge >= 0.3 is 0 Å². The molecular formula is C40H53F13N6O3. The van der Waals surface area contributed by atoms with Crippen LogP contribution in [0, 0.1) is 34.9 Å². The summed E-state index contributed by atoms with van der Waals surface area (Å²) in [5, 5.41) is 5.45. The van der Waals surface area contributed by atoms with Gasteiger partial charge < -0.3 is 45.3 Å². The lowest BCUT2D eigenvalue weighted by atomic mass is 10.0. The van der Waals surface area contributed by atoms with Crippen molar-refractivity contribution < 1.29 is 71.3 Å². The summed E-state index contributed by atoms with van der Waals surface area (Å²) in [6, 6.07) is 5.48. The maximum Gasteiger partial charge on any atom is 0.253 e. The Morgan fingerprint density at radius 2 is 1.00 bits per heavy atom. The summed E-state index contributed by atoms with van der Waals surface area (Å²) in [5.41, 5.74) is 4.57. The van der Waals surface area contributed by atoms with Crippen molar-refractivity contribution in [3.63, 3.8) is 0 Å². The number of halogens is 13. The molecule has 0 aliphatic carbocycles. The van der Waals surface area contributed by atoms with E-state index in [1.54, 1.807) is 0 Å². The van der Waals surface area contributed by atoms with Crippen LogP contribution >= 0.6 is 0 Å². The van der Waals surface area contributed by atoms with Crippen molar-refractivity contribution in [3.8, 4) is 17.2 Å². The number of nitrogens with two attached hydrogens (primary N) is 1. The first-order valence-corrected chi connectivity index (χ1v) is 19.0. The first-order chi connectivity index (χ1) is 29.2. The van der Waals surface area contributed by atoms with E-state index in [2.05, 4.69) is 16.4 Å². The molecule has 6 rings (SSSR count). The number of ether oxygens (including phenoxy) is 3. The van der Waals surface area contributed by atoms with E-state index in [-0.39, 0.29) is 79.8 Å². The van der Waals surface area contributed by atoms with Gasteiger partial charge in [-0.1, -0.05) is 0 Å². The van der Waals surface area contributed by atoms with Crippen molar-refractivity contribution in [1.29, 1.82) is 0 Å². The average molecular weight is 913 g/mol. The summed E-state index contributed by atoms with van der Waals surface area (Å²) in [7, 11) is 8.79. The first-order valence-electron chi connectivity index (χ1n) is 19.0. The van der Waals surface area contributed by atoms with E-state index in [1.807, 2.05) is 0 Å². The van der Waals surface area contributed by atoms with Crippen LogP contribution in [-0.2, 0) is 0 Å². The molecule has 3 aromatic carbocycles. The fourth-order valence-corrected chi connectivity index (χ4v) is 6.95. The minimum atomic E-state index is -2.82. The molecule has 3 fully saturated rings. The molecule has 0 aromatic heterocycles. The van der Waals surface area contributed by atoms with Crippen LogP contribution in [0.4, 0.5) is 74.1 Å².